The Labute approximate surface area is 111 Å². The van der Waals surface area contributed by atoms with Crippen LogP contribution in [0.4, 0.5) is 0 Å². The molecule has 1 aromatic rings. The molecule has 0 saturated carbocycles. The Kier molecular flexibility index (Phi) is 6.27. The standard InChI is InChI=1S/C13H19NO5/c1-19-7-5-14(4-6-15)9-13(18)11-3-2-10(16)8-12(11)17/h2-3,8,15-17H,4-7,9H2,1H3. The highest BCUT2D eigenvalue weighted by Gasteiger charge is 2.15. The summed E-state index contributed by atoms with van der Waals surface area (Å²) in [4.78, 5) is 13.8. The molecule has 6 heteroatoms. The first kappa shape index (κ1) is 15.4. The summed E-state index contributed by atoms with van der Waals surface area (Å²) < 4.78 is 4.93. The molecule has 0 aliphatic carbocycles. The molecule has 1 rings (SSSR count). The van der Waals surface area contributed by atoms with Gasteiger partial charge >= 0.3 is 0 Å². The normalized spacial score (nSPS) is 10.9. The lowest BCUT2D eigenvalue weighted by Crippen LogP contribution is -2.35. The first-order valence-electron chi connectivity index (χ1n) is 5.95. The van der Waals surface area contributed by atoms with Gasteiger partial charge in [0.1, 0.15) is 11.5 Å². The molecule has 0 fully saturated rings. The quantitative estimate of drug-likeness (QED) is 0.585. The second kappa shape index (κ2) is 7.73. The summed E-state index contributed by atoms with van der Waals surface area (Å²) in [7, 11) is 1.56. The van der Waals surface area contributed by atoms with Crippen LogP contribution in [0.1, 0.15) is 10.4 Å². The number of benzene rings is 1. The van der Waals surface area contributed by atoms with Crippen molar-refractivity contribution in [2.45, 2.75) is 0 Å². The van der Waals surface area contributed by atoms with Crippen LogP contribution in [0.2, 0.25) is 0 Å². The Bertz CT molecular complexity index is 421. The lowest BCUT2D eigenvalue weighted by atomic mass is 10.1. The largest absolute Gasteiger partial charge is 0.508 e. The Balaban J connectivity index is 2.69. The zero-order valence-corrected chi connectivity index (χ0v) is 10.9. The first-order chi connectivity index (χ1) is 9.08. The molecule has 19 heavy (non-hydrogen) atoms. The number of aromatic hydroxyl groups is 2. The summed E-state index contributed by atoms with van der Waals surface area (Å²) in [5.41, 5.74) is 0.151. The molecule has 6 nitrogen and oxygen atoms in total. The lowest BCUT2D eigenvalue weighted by Gasteiger charge is -2.20. The van der Waals surface area contributed by atoms with E-state index in [1.165, 1.54) is 12.1 Å². The third-order valence-corrected chi connectivity index (χ3v) is 2.68. The summed E-state index contributed by atoms with van der Waals surface area (Å²) in [6, 6.07) is 3.84. The van der Waals surface area contributed by atoms with Crippen LogP contribution >= 0.6 is 0 Å². The Morgan fingerprint density at radius 2 is 2.05 bits per heavy atom. The highest BCUT2D eigenvalue weighted by molar-refractivity contribution is 6.00. The molecular formula is C13H19NO5. The Morgan fingerprint density at radius 3 is 2.63 bits per heavy atom. The van der Waals surface area contributed by atoms with Crippen LogP contribution in [-0.2, 0) is 4.74 Å². The molecule has 0 aliphatic heterocycles. The van der Waals surface area contributed by atoms with Gasteiger partial charge in [0.05, 0.1) is 25.3 Å². The molecule has 0 heterocycles. The molecule has 0 aromatic heterocycles. The number of phenolic OH excluding ortho intramolecular Hbond substituents is 2. The summed E-state index contributed by atoms with van der Waals surface area (Å²) >= 11 is 0. The third kappa shape index (κ3) is 4.86. The van der Waals surface area contributed by atoms with Crippen LogP contribution in [0.5, 0.6) is 11.5 Å². The van der Waals surface area contributed by atoms with Crippen molar-refractivity contribution < 1.29 is 24.9 Å². The number of ether oxygens (including phenoxy) is 1. The van der Waals surface area contributed by atoms with Crippen molar-refractivity contribution in [2.24, 2.45) is 0 Å². The number of Topliss-reactive ketones (excluding diaryl/α,β-unsaturated/α-hetero) is 1. The highest BCUT2D eigenvalue weighted by Crippen LogP contribution is 2.23. The number of hydrogen-bond donors (Lipinski definition) is 3. The van der Waals surface area contributed by atoms with Crippen LogP contribution in [0.25, 0.3) is 0 Å². The maximum atomic E-state index is 12.0. The van der Waals surface area contributed by atoms with E-state index in [0.29, 0.717) is 19.7 Å². The minimum Gasteiger partial charge on any atom is -0.508 e. The van der Waals surface area contributed by atoms with E-state index in [1.807, 2.05) is 0 Å². The van der Waals surface area contributed by atoms with Gasteiger partial charge in [-0.2, -0.15) is 0 Å². The predicted molar refractivity (Wildman–Crippen MR) is 69.5 cm³/mol. The number of carbonyl (C=O) groups is 1. The maximum Gasteiger partial charge on any atom is 0.180 e. The minimum atomic E-state index is -0.276. The molecule has 106 valence electrons. The van der Waals surface area contributed by atoms with Crippen molar-refractivity contribution in [1.29, 1.82) is 0 Å². The second-order valence-electron chi connectivity index (χ2n) is 4.12. The molecule has 0 amide bonds. The van der Waals surface area contributed by atoms with Gasteiger partial charge in [0.2, 0.25) is 0 Å². The molecule has 0 unspecified atom stereocenters. The van der Waals surface area contributed by atoms with Crippen LogP contribution in [0.3, 0.4) is 0 Å². The second-order valence-corrected chi connectivity index (χ2v) is 4.12. The van der Waals surface area contributed by atoms with Gasteiger partial charge in [-0.05, 0) is 12.1 Å². The monoisotopic (exact) mass is 269 g/mol. The number of aliphatic hydroxyl groups is 1. The van der Waals surface area contributed by atoms with Crippen LogP contribution in [0.15, 0.2) is 18.2 Å². The van der Waals surface area contributed by atoms with Crippen molar-refractivity contribution in [1.82, 2.24) is 4.90 Å². The topological polar surface area (TPSA) is 90.2 Å². The number of rotatable bonds is 8. The van der Waals surface area contributed by atoms with E-state index in [9.17, 15) is 15.0 Å². The summed E-state index contributed by atoms with van der Waals surface area (Å²) in [5, 5.41) is 27.7. The Hall–Kier alpha value is -1.63. The van der Waals surface area contributed by atoms with Crippen LogP contribution in [0, 0.1) is 0 Å². The number of phenols is 2. The Morgan fingerprint density at radius 1 is 1.32 bits per heavy atom. The maximum absolute atomic E-state index is 12.0. The SMILES string of the molecule is COCCN(CCO)CC(=O)c1ccc(O)cc1O. The van der Waals surface area contributed by atoms with E-state index in [-0.39, 0.29) is 36.0 Å². The number of ketones is 1. The minimum absolute atomic E-state index is 0.0570. The van der Waals surface area contributed by atoms with Crippen molar-refractivity contribution in [2.75, 3.05) is 40.0 Å². The zero-order valence-electron chi connectivity index (χ0n) is 10.9. The summed E-state index contributed by atoms with van der Waals surface area (Å²) in [6.45, 7) is 1.34. The van der Waals surface area contributed by atoms with Gasteiger partial charge < -0.3 is 20.1 Å². The van der Waals surface area contributed by atoms with E-state index >= 15 is 0 Å². The average Bonchev–Trinajstić information content (AvgIpc) is 2.36. The van der Waals surface area contributed by atoms with E-state index in [1.54, 1.807) is 12.0 Å². The van der Waals surface area contributed by atoms with Gasteiger partial charge in [-0.3, -0.25) is 9.69 Å². The molecule has 0 aliphatic rings. The molecule has 0 bridgehead atoms. The van der Waals surface area contributed by atoms with E-state index in [2.05, 4.69) is 0 Å². The lowest BCUT2D eigenvalue weighted by molar-refractivity contribution is 0.0866. The predicted octanol–water partition coefficient (Wildman–Crippen LogP) is 0.221. The summed E-state index contributed by atoms with van der Waals surface area (Å²) in [6.07, 6.45) is 0. The third-order valence-electron chi connectivity index (χ3n) is 2.68. The highest BCUT2D eigenvalue weighted by atomic mass is 16.5. The number of hydrogen-bond acceptors (Lipinski definition) is 6. The van der Waals surface area contributed by atoms with E-state index in [0.717, 1.165) is 6.07 Å². The van der Waals surface area contributed by atoms with E-state index < -0.39 is 0 Å². The molecule has 0 radical (unpaired) electrons. The fourth-order valence-corrected chi connectivity index (χ4v) is 1.68. The van der Waals surface area contributed by atoms with Gasteiger partial charge in [-0.25, -0.2) is 0 Å². The van der Waals surface area contributed by atoms with Gasteiger partial charge in [0, 0.05) is 26.3 Å². The molecule has 0 saturated heterocycles. The first-order valence-corrected chi connectivity index (χ1v) is 5.95. The van der Waals surface area contributed by atoms with E-state index in [4.69, 9.17) is 9.84 Å². The summed E-state index contributed by atoms with van der Waals surface area (Å²) in [5.74, 6) is -0.622. The van der Waals surface area contributed by atoms with Crippen molar-refractivity contribution in [3.8, 4) is 11.5 Å². The fraction of sp³-hybridized carbons (Fsp3) is 0.462. The molecule has 3 N–H and O–H groups in total. The van der Waals surface area contributed by atoms with Crippen molar-refractivity contribution in [3.63, 3.8) is 0 Å². The van der Waals surface area contributed by atoms with Gasteiger partial charge in [-0.1, -0.05) is 0 Å². The van der Waals surface area contributed by atoms with Gasteiger partial charge in [0.25, 0.3) is 0 Å². The fourth-order valence-electron chi connectivity index (χ4n) is 1.68. The van der Waals surface area contributed by atoms with Crippen LogP contribution in [-0.4, -0.2) is 66.0 Å². The number of methoxy groups -OCH3 is 1. The molecule has 0 atom stereocenters. The smallest absolute Gasteiger partial charge is 0.180 e. The zero-order chi connectivity index (χ0) is 14.3. The molecule has 0 spiro atoms. The molecular weight excluding hydrogens is 250 g/mol. The molecule has 1 aromatic carbocycles. The van der Waals surface area contributed by atoms with Gasteiger partial charge in [-0.15, -0.1) is 0 Å². The van der Waals surface area contributed by atoms with Crippen molar-refractivity contribution >= 4 is 5.78 Å². The van der Waals surface area contributed by atoms with Crippen molar-refractivity contribution in [3.05, 3.63) is 23.8 Å². The number of aliphatic hydroxyl groups excluding tert-OH is 1. The number of carbonyl (C=O) groups excluding carboxylic acids is 1. The van der Waals surface area contributed by atoms with Crippen LogP contribution < -0.4 is 0 Å². The number of nitrogens with zero attached hydrogens (tertiary/aromatic N) is 1. The van der Waals surface area contributed by atoms with Gasteiger partial charge in [0.15, 0.2) is 5.78 Å². The average molecular weight is 269 g/mol.